The molecule has 0 saturated heterocycles. The highest BCUT2D eigenvalue weighted by Crippen LogP contribution is 2.12. The first-order valence-corrected chi connectivity index (χ1v) is 4.46. The van der Waals surface area contributed by atoms with E-state index in [2.05, 4.69) is 15.9 Å². The zero-order valence-corrected chi connectivity index (χ0v) is 8.41. The molecular formula is C9H9BrN2O. The van der Waals surface area contributed by atoms with Crippen LogP contribution >= 0.6 is 15.9 Å². The monoisotopic (exact) mass is 240 g/mol. The van der Waals surface area contributed by atoms with Crippen LogP contribution in [0.3, 0.4) is 0 Å². The van der Waals surface area contributed by atoms with Crippen molar-refractivity contribution in [2.45, 2.75) is 0 Å². The SMILES string of the molecule is NNC(=O)/C=C/c1cccc(Br)c1. The van der Waals surface area contributed by atoms with Crippen LogP contribution in [0.5, 0.6) is 0 Å². The summed E-state index contributed by atoms with van der Waals surface area (Å²) in [5, 5.41) is 0. The van der Waals surface area contributed by atoms with Crippen molar-refractivity contribution in [1.29, 1.82) is 0 Å². The summed E-state index contributed by atoms with van der Waals surface area (Å²) in [7, 11) is 0. The molecule has 1 rings (SSSR count). The van der Waals surface area contributed by atoms with Crippen molar-refractivity contribution in [1.82, 2.24) is 5.43 Å². The first kappa shape index (κ1) is 9.95. The molecule has 1 aromatic carbocycles. The van der Waals surface area contributed by atoms with Crippen molar-refractivity contribution in [3.63, 3.8) is 0 Å². The van der Waals surface area contributed by atoms with Crippen LogP contribution in [0.1, 0.15) is 5.56 Å². The van der Waals surface area contributed by atoms with Gasteiger partial charge in [0.2, 0.25) is 0 Å². The first-order chi connectivity index (χ1) is 6.22. The van der Waals surface area contributed by atoms with Crippen LogP contribution < -0.4 is 11.3 Å². The summed E-state index contributed by atoms with van der Waals surface area (Å²) >= 11 is 3.33. The van der Waals surface area contributed by atoms with E-state index in [4.69, 9.17) is 5.84 Å². The van der Waals surface area contributed by atoms with E-state index >= 15 is 0 Å². The molecule has 0 aromatic heterocycles. The van der Waals surface area contributed by atoms with E-state index < -0.39 is 0 Å². The van der Waals surface area contributed by atoms with Crippen LogP contribution in [0.15, 0.2) is 34.8 Å². The minimum atomic E-state index is -0.319. The predicted molar refractivity (Wildman–Crippen MR) is 55.5 cm³/mol. The Kier molecular flexibility index (Phi) is 3.67. The van der Waals surface area contributed by atoms with Gasteiger partial charge in [0, 0.05) is 10.5 Å². The number of hydrazine groups is 1. The fourth-order valence-electron chi connectivity index (χ4n) is 0.830. The number of benzene rings is 1. The summed E-state index contributed by atoms with van der Waals surface area (Å²) < 4.78 is 0.975. The van der Waals surface area contributed by atoms with Gasteiger partial charge in [-0.25, -0.2) is 5.84 Å². The average Bonchev–Trinajstić information content (AvgIpc) is 2.14. The number of carbonyl (C=O) groups is 1. The van der Waals surface area contributed by atoms with Gasteiger partial charge in [-0.15, -0.1) is 0 Å². The van der Waals surface area contributed by atoms with E-state index in [0.717, 1.165) is 10.0 Å². The molecule has 0 fully saturated rings. The van der Waals surface area contributed by atoms with Gasteiger partial charge in [-0.2, -0.15) is 0 Å². The minimum Gasteiger partial charge on any atom is -0.291 e. The van der Waals surface area contributed by atoms with Crippen LogP contribution in [0, 0.1) is 0 Å². The second-order valence-corrected chi connectivity index (χ2v) is 3.31. The summed E-state index contributed by atoms with van der Waals surface area (Å²) in [6.45, 7) is 0. The molecule has 0 heterocycles. The van der Waals surface area contributed by atoms with Gasteiger partial charge in [-0.05, 0) is 23.8 Å². The second-order valence-electron chi connectivity index (χ2n) is 2.40. The molecule has 0 saturated carbocycles. The summed E-state index contributed by atoms with van der Waals surface area (Å²) in [6, 6.07) is 7.61. The van der Waals surface area contributed by atoms with Crippen molar-refractivity contribution < 1.29 is 4.79 Å². The molecule has 0 unspecified atom stereocenters. The number of hydrogen-bond acceptors (Lipinski definition) is 2. The summed E-state index contributed by atoms with van der Waals surface area (Å²) in [6.07, 6.45) is 3.06. The number of rotatable bonds is 2. The van der Waals surface area contributed by atoms with Gasteiger partial charge in [0.05, 0.1) is 0 Å². The van der Waals surface area contributed by atoms with Crippen LogP contribution in [0.25, 0.3) is 6.08 Å². The molecule has 0 aliphatic heterocycles. The molecule has 0 aliphatic carbocycles. The molecule has 0 atom stereocenters. The fourth-order valence-corrected chi connectivity index (χ4v) is 1.25. The molecule has 0 bridgehead atoms. The number of nitrogens with two attached hydrogens (primary N) is 1. The summed E-state index contributed by atoms with van der Waals surface area (Å²) in [5.74, 6) is 4.59. The maximum Gasteiger partial charge on any atom is 0.257 e. The van der Waals surface area contributed by atoms with Gasteiger partial charge in [-0.3, -0.25) is 10.2 Å². The van der Waals surface area contributed by atoms with Crippen LogP contribution in [0.4, 0.5) is 0 Å². The Morgan fingerprint density at radius 3 is 2.92 bits per heavy atom. The van der Waals surface area contributed by atoms with E-state index in [1.165, 1.54) is 6.08 Å². The summed E-state index contributed by atoms with van der Waals surface area (Å²) in [4.78, 5) is 10.7. The zero-order valence-electron chi connectivity index (χ0n) is 6.83. The topological polar surface area (TPSA) is 55.1 Å². The smallest absolute Gasteiger partial charge is 0.257 e. The Labute approximate surface area is 84.7 Å². The minimum absolute atomic E-state index is 0.319. The largest absolute Gasteiger partial charge is 0.291 e. The molecule has 0 aliphatic rings. The third kappa shape index (κ3) is 3.40. The zero-order chi connectivity index (χ0) is 9.68. The second kappa shape index (κ2) is 4.79. The fraction of sp³-hybridized carbons (Fsp3) is 0. The van der Waals surface area contributed by atoms with E-state index in [1.54, 1.807) is 6.08 Å². The van der Waals surface area contributed by atoms with E-state index in [9.17, 15) is 4.79 Å². The molecular weight excluding hydrogens is 232 g/mol. The number of carbonyl (C=O) groups excluding carboxylic acids is 1. The Morgan fingerprint density at radius 2 is 2.31 bits per heavy atom. The van der Waals surface area contributed by atoms with Crippen molar-refractivity contribution >= 4 is 27.9 Å². The van der Waals surface area contributed by atoms with Crippen molar-refractivity contribution in [2.24, 2.45) is 5.84 Å². The molecule has 3 nitrogen and oxygen atoms in total. The molecule has 68 valence electrons. The molecule has 1 amide bonds. The van der Waals surface area contributed by atoms with Crippen LogP contribution in [-0.4, -0.2) is 5.91 Å². The lowest BCUT2D eigenvalue weighted by molar-refractivity contribution is -0.116. The third-order valence-electron chi connectivity index (χ3n) is 1.42. The highest BCUT2D eigenvalue weighted by atomic mass is 79.9. The lowest BCUT2D eigenvalue weighted by Gasteiger charge is -1.94. The van der Waals surface area contributed by atoms with E-state index in [-0.39, 0.29) is 5.91 Å². The number of amides is 1. The van der Waals surface area contributed by atoms with Crippen LogP contribution in [0.2, 0.25) is 0 Å². The highest BCUT2D eigenvalue weighted by Gasteiger charge is 1.91. The van der Waals surface area contributed by atoms with Gasteiger partial charge in [0.15, 0.2) is 0 Å². The molecule has 0 radical (unpaired) electrons. The molecule has 4 heteroatoms. The van der Waals surface area contributed by atoms with Gasteiger partial charge in [-0.1, -0.05) is 28.1 Å². The molecule has 13 heavy (non-hydrogen) atoms. The normalized spacial score (nSPS) is 10.3. The number of halogens is 1. The Balaban J connectivity index is 2.74. The quantitative estimate of drug-likeness (QED) is 0.356. The van der Waals surface area contributed by atoms with Gasteiger partial charge < -0.3 is 0 Å². The van der Waals surface area contributed by atoms with Gasteiger partial charge in [0.1, 0.15) is 0 Å². The lowest BCUT2D eigenvalue weighted by Crippen LogP contribution is -2.27. The lowest BCUT2D eigenvalue weighted by atomic mass is 10.2. The maximum absolute atomic E-state index is 10.7. The van der Waals surface area contributed by atoms with Crippen molar-refractivity contribution in [3.05, 3.63) is 40.4 Å². The standard InChI is InChI=1S/C9H9BrN2O/c10-8-3-1-2-7(6-8)4-5-9(13)12-11/h1-6H,11H2,(H,12,13)/b5-4+. The Morgan fingerprint density at radius 1 is 1.54 bits per heavy atom. The van der Waals surface area contributed by atoms with Crippen molar-refractivity contribution in [2.75, 3.05) is 0 Å². The average molecular weight is 241 g/mol. The maximum atomic E-state index is 10.7. The molecule has 0 spiro atoms. The first-order valence-electron chi connectivity index (χ1n) is 3.66. The number of nitrogens with one attached hydrogen (secondary N) is 1. The van der Waals surface area contributed by atoms with E-state index in [0.29, 0.717) is 0 Å². The highest BCUT2D eigenvalue weighted by molar-refractivity contribution is 9.10. The van der Waals surface area contributed by atoms with Crippen molar-refractivity contribution in [3.8, 4) is 0 Å². The number of hydrogen-bond donors (Lipinski definition) is 2. The van der Waals surface area contributed by atoms with Gasteiger partial charge >= 0.3 is 0 Å². The molecule has 3 N–H and O–H groups in total. The van der Waals surface area contributed by atoms with Gasteiger partial charge in [0.25, 0.3) is 5.91 Å². The van der Waals surface area contributed by atoms with Crippen LogP contribution in [-0.2, 0) is 4.79 Å². The third-order valence-corrected chi connectivity index (χ3v) is 1.91. The summed E-state index contributed by atoms with van der Waals surface area (Å²) in [5.41, 5.74) is 2.95. The predicted octanol–water partition coefficient (Wildman–Crippen LogP) is 1.45. The van der Waals surface area contributed by atoms with E-state index in [1.807, 2.05) is 29.7 Å². The Hall–Kier alpha value is -1.13. The Bertz CT molecular complexity index is 336. The molecule has 1 aromatic rings.